The van der Waals surface area contributed by atoms with E-state index in [2.05, 4.69) is 199 Å². The first-order chi connectivity index (χ1) is 23.7. The Labute approximate surface area is 283 Å². The number of nitrogens with one attached hydrogen (secondary N) is 1. The largest absolute Gasteiger partial charge is 0.359 e. The average Bonchev–Trinajstić information content (AvgIpc) is 3.56. The molecule has 0 radical (unpaired) electrons. The van der Waals surface area contributed by atoms with Crippen LogP contribution in [-0.2, 0) is 0 Å². The summed E-state index contributed by atoms with van der Waals surface area (Å²) >= 11 is 0. The summed E-state index contributed by atoms with van der Waals surface area (Å²) in [6.07, 6.45) is 7.79. The van der Waals surface area contributed by atoms with Gasteiger partial charge in [0, 0.05) is 5.69 Å². The summed E-state index contributed by atoms with van der Waals surface area (Å²) in [6.45, 7) is 4.54. The molecule has 1 N–H and O–H groups in total. The first-order valence-corrected chi connectivity index (χ1v) is 16.6. The van der Waals surface area contributed by atoms with Crippen LogP contribution in [0.2, 0.25) is 0 Å². The molecule has 0 fully saturated rings. The summed E-state index contributed by atoms with van der Waals surface area (Å²) in [7, 11) is 0. The van der Waals surface area contributed by atoms with Gasteiger partial charge in [0.15, 0.2) is 0 Å². The quantitative estimate of drug-likeness (QED) is 0.192. The van der Waals surface area contributed by atoms with Crippen molar-refractivity contribution in [3.63, 3.8) is 0 Å². The monoisotopic (exact) mass is 616 g/mol. The van der Waals surface area contributed by atoms with Gasteiger partial charge >= 0.3 is 0 Å². The number of hydrogen-bond acceptors (Lipinski definition) is 2. The Kier molecular flexibility index (Phi) is 7.90. The average molecular weight is 617 g/mol. The molecule has 1 aliphatic carbocycles. The Morgan fingerprint density at radius 1 is 0.583 bits per heavy atom. The van der Waals surface area contributed by atoms with Gasteiger partial charge in [0.25, 0.3) is 0 Å². The molecular weight excluding hydrogens is 581 g/mol. The number of allylic oxidation sites excluding steroid dienone is 5. The van der Waals surface area contributed by atoms with Crippen molar-refractivity contribution in [1.82, 2.24) is 0 Å². The van der Waals surface area contributed by atoms with Gasteiger partial charge in [0.2, 0.25) is 0 Å². The Bertz CT molecular complexity index is 2170. The fraction of sp³-hybridized carbons (Fsp3) is 0.0435. The van der Waals surface area contributed by atoms with E-state index in [1.165, 1.54) is 50.3 Å². The highest BCUT2D eigenvalue weighted by atomic mass is 15.3. The molecule has 6 aromatic carbocycles. The van der Waals surface area contributed by atoms with Gasteiger partial charge in [0.05, 0.1) is 11.4 Å². The van der Waals surface area contributed by atoms with E-state index in [0.29, 0.717) is 0 Å². The standard InChI is InChI=1S/C46H36N2/c1-33(34-15-5-2-6-16-34)41-21-11-12-22-42(41)45(37-17-7-3-8-18-37)38-29-25-35(26-30-38)36-27-31-39(32-28-36)46-47-43-23-13-14-24-44(43)48(46)40-19-9-4-10-20-40/h2-29,31-32,46-47H,1,30H2/b45-38-. The van der Waals surface area contributed by atoms with Crippen molar-refractivity contribution in [2.75, 3.05) is 10.2 Å². The van der Waals surface area contributed by atoms with Crippen LogP contribution in [-0.4, -0.2) is 0 Å². The first kappa shape index (κ1) is 29.3. The Morgan fingerprint density at radius 3 is 1.88 bits per heavy atom. The predicted molar refractivity (Wildman–Crippen MR) is 203 cm³/mol. The molecule has 1 aliphatic heterocycles. The molecular formula is C46H36N2. The number of benzene rings is 6. The van der Waals surface area contributed by atoms with E-state index >= 15 is 0 Å². The van der Waals surface area contributed by atoms with Crippen molar-refractivity contribution >= 4 is 33.8 Å². The molecule has 8 rings (SSSR count). The molecule has 6 aromatic rings. The smallest absolute Gasteiger partial charge is 0.130 e. The van der Waals surface area contributed by atoms with Crippen LogP contribution < -0.4 is 10.2 Å². The topological polar surface area (TPSA) is 15.3 Å². The van der Waals surface area contributed by atoms with E-state index in [-0.39, 0.29) is 6.17 Å². The van der Waals surface area contributed by atoms with E-state index in [1.54, 1.807) is 0 Å². The van der Waals surface area contributed by atoms with Crippen LogP contribution in [0.3, 0.4) is 0 Å². The van der Waals surface area contributed by atoms with E-state index in [1.807, 2.05) is 0 Å². The zero-order valence-corrected chi connectivity index (χ0v) is 26.8. The first-order valence-electron chi connectivity index (χ1n) is 16.6. The maximum atomic E-state index is 4.54. The van der Waals surface area contributed by atoms with Gasteiger partial charge in [-0.3, -0.25) is 0 Å². The number of fused-ring (bicyclic) bond motifs is 1. The molecule has 48 heavy (non-hydrogen) atoms. The Balaban J connectivity index is 1.11. The third-order valence-electron chi connectivity index (χ3n) is 9.34. The molecule has 230 valence electrons. The summed E-state index contributed by atoms with van der Waals surface area (Å²) in [4.78, 5) is 2.39. The molecule has 0 saturated carbocycles. The van der Waals surface area contributed by atoms with Gasteiger partial charge in [-0.15, -0.1) is 0 Å². The zero-order valence-electron chi connectivity index (χ0n) is 26.8. The second-order valence-corrected chi connectivity index (χ2v) is 12.2. The van der Waals surface area contributed by atoms with Crippen molar-refractivity contribution in [3.05, 3.63) is 228 Å². The minimum absolute atomic E-state index is 0.0170. The lowest BCUT2D eigenvalue weighted by molar-refractivity contribution is 0.828. The maximum absolute atomic E-state index is 4.54. The van der Waals surface area contributed by atoms with E-state index in [4.69, 9.17) is 0 Å². The second-order valence-electron chi connectivity index (χ2n) is 12.2. The maximum Gasteiger partial charge on any atom is 0.130 e. The van der Waals surface area contributed by atoms with Crippen LogP contribution in [0.4, 0.5) is 17.1 Å². The van der Waals surface area contributed by atoms with Gasteiger partial charge in [-0.05, 0) is 86.4 Å². The van der Waals surface area contributed by atoms with Crippen LogP contribution >= 0.6 is 0 Å². The molecule has 0 spiro atoms. The number of hydrogen-bond donors (Lipinski definition) is 1. The number of anilines is 3. The highest BCUT2D eigenvalue weighted by Crippen LogP contribution is 2.46. The third kappa shape index (κ3) is 5.59. The zero-order chi connectivity index (χ0) is 32.3. The van der Waals surface area contributed by atoms with Crippen molar-refractivity contribution in [3.8, 4) is 0 Å². The van der Waals surface area contributed by atoms with Gasteiger partial charge in [-0.25, -0.2) is 0 Å². The van der Waals surface area contributed by atoms with Gasteiger partial charge in [0.1, 0.15) is 6.17 Å². The molecule has 0 aromatic heterocycles. The third-order valence-corrected chi connectivity index (χ3v) is 9.34. The van der Waals surface area contributed by atoms with Crippen molar-refractivity contribution in [2.45, 2.75) is 12.6 Å². The summed E-state index contributed by atoms with van der Waals surface area (Å²) in [5, 5.41) is 3.76. The number of para-hydroxylation sites is 3. The van der Waals surface area contributed by atoms with Gasteiger partial charge in [-0.1, -0.05) is 164 Å². The Hall–Kier alpha value is -6.12. The molecule has 0 saturated heterocycles. The molecule has 2 aliphatic rings. The number of rotatable bonds is 7. The summed E-state index contributed by atoms with van der Waals surface area (Å²) in [6, 6.07) is 58.1. The SMILES string of the molecule is C=C(c1ccccc1)c1ccccc1/C(=C1/C=CC(c2ccc(C3Nc4ccccc4N3c3ccccc3)cc2)=CC1)c1ccccc1. The van der Waals surface area contributed by atoms with E-state index in [9.17, 15) is 0 Å². The highest BCUT2D eigenvalue weighted by Gasteiger charge is 2.30. The molecule has 1 unspecified atom stereocenters. The minimum Gasteiger partial charge on any atom is -0.359 e. The fourth-order valence-electron chi connectivity index (χ4n) is 6.95. The number of nitrogens with zero attached hydrogens (tertiary/aromatic N) is 1. The van der Waals surface area contributed by atoms with Crippen LogP contribution in [0.1, 0.15) is 46.0 Å². The summed E-state index contributed by atoms with van der Waals surface area (Å²) < 4.78 is 0. The second kappa shape index (κ2) is 12.9. The van der Waals surface area contributed by atoms with Crippen LogP contribution in [0.5, 0.6) is 0 Å². The minimum atomic E-state index is 0.0170. The molecule has 2 heteroatoms. The van der Waals surface area contributed by atoms with Crippen molar-refractivity contribution < 1.29 is 0 Å². The fourth-order valence-corrected chi connectivity index (χ4v) is 6.95. The summed E-state index contributed by atoms with van der Waals surface area (Å²) in [5.74, 6) is 0. The van der Waals surface area contributed by atoms with Crippen LogP contribution in [0, 0.1) is 0 Å². The van der Waals surface area contributed by atoms with E-state index < -0.39 is 0 Å². The van der Waals surface area contributed by atoms with Crippen LogP contribution in [0.25, 0.3) is 16.7 Å². The van der Waals surface area contributed by atoms with Gasteiger partial charge < -0.3 is 10.2 Å². The predicted octanol–water partition coefficient (Wildman–Crippen LogP) is 11.9. The molecule has 0 bridgehead atoms. The molecule has 1 heterocycles. The molecule has 1 atom stereocenters. The van der Waals surface area contributed by atoms with Crippen molar-refractivity contribution in [1.29, 1.82) is 0 Å². The lowest BCUT2D eigenvalue weighted by atomic mass is 9.83. The lowest BCUT2D eigenvalue weighted by Crippen LogP contribution is -2.23. The summed E-state index contributed by atoms with van der Waals surface area (Å²) in [5.41, 5.74) is 15.5. The van der Waals surface area contributed by atoms with Crippen molar-refractivity contribution in [2.24, 2.45) is 0 Å². The Morgan fingerprint density at radius 2 is 1.19 bits per heavy atom. The molecule has 0 amide bonds. The normalized spacial score (nSPS) is 16.1. The van der Waals surface area contributed by atoms with Crippen LogP contribution in [0.15, 0.2) is 194 Å². The molecule has 2 nitrogen and oxygen atoms in total. The lowest BCUT2D eigenvalue weighted by Gasteiger charge is -2.27. The highest BCUT2D eigenvalue weighted by molar-refractivity contribution is 5.93. The van der Waals surface area contributed by atoms with Gasteiger partial charge in [-0.2, -0.15) is 0 Å². The van der Waals surface area contributed by atoms with E-state index in [0.717, 1.165) is 28.8 Å².